The number of alkyl halides is 5. The molecule has 0 bridgehead atoms. The molecule has 0 saturated carbocycles. The lowest BCUT2D eigenvalue weighted by atomic mass is 10.1. The molecule has 1 aromatic rings. The Labute approximate surface area is 85.1 Å². The minimum absolute atomic E-state index is 0.261. The van der Waals surface area contributed by atoms with Gasteiger partial charge in [-0.1, -0.05) is 0 Å². The predicted molar refractivity (Wildman–Crippen MR) is 41.7 cm³/mol. The summed E-state index contributed by atoms with van der Waals surface area (Å²) >= 11 is 0. The van der Waals surface area contributed by atoms with Gasteiger partial charge < -0.3 is 4.98 Å². The number of pyridine rings is 1. The van der Waals surface area contributed by atoms with E-state index in [1.165, 1.54) is 4.98 Å². The van der Waals surface area contributed by atoms with Crippen LogP contribution < -0.4 is 5.43 Å². The fourth-order valence-corrected chi connectivity index (χ4v) is 1.04. The smallest absolute Gasteiger partial charge is 0.356 e. The maximum atomic E-state index is 12.2. The molecule has 0 radical (unpaired) electrons. The number of nitriles is 1. The molecule has 0 aliphatic rings. The topological polar surface area (TPSA) is 56.6 Å². The molecule has 1 heterocycles. The highest BCUT2D eigenvalue weighted by Gasteiger charge is 2.36. The van der Waals surface area contributed by atoms with Crippen LogP contribution in [0, 0.1) is 11.3 Å². The van der Waals surface area contributed by atoms with Gasteiger partial charge in [0.15, 0.2) is 0 Å². The van der Waals surface area contributed by atoms with E-state index in [0.29, 0.717) is 0 Å². The summed E-state index contributed by atoms with van der Waals surface area (Å²) in [6.45, 7) is 0. The Morgan fingerprint density at radius 2 is 1.94 bits per heavy atom. The van der Waals surface area contributed by atoms with Gasteiger partial charge in [-0.05, 0) is 0 Å². The molecule has 0 unspecified atom stereocenters. The van der Waals surface area contributed by atoms with Crippen LogP contribution in [0.3, 0.4) is 0 Å². The zero-order valence-corrected chi connectivity index (χ0v) is 7.40. The third-order valence-electron chi connectivity index (χ3n) is 1.74. The number of aromatic amines is 1. The Morgan fingerprint density at radius 1 is 1.38 bits per heavy atom. The fraction of sp³-hybridized carbons (Fsp3) is 0.250. The average Bonchev–Trinajstić information content (AvgIpc) is 2.15. The van der Waals surface area contributed by atoms with Gasteiger partial charge >= 0.3 is 6.18 Å². The molecule has 0 spiro atoms. The summed E-state index contributed by atoms with van der Waals surface area (Å²) in [5.74, 6) is 0. The van der Waals surface area contributed by atoms with Crippen LogP contribution in [-0.4, -0.2) is 4.98 Å². The SMILES string of the molecule is N#Cc1c(C(F)(F)F)[nH]cc(C(F)F)c1=O. The van der Waals surface area contributed by atoms with Crippen molar-refractivity contribution < 1.29 is 22.0 Å². The summed E-state index contributed by atoms with van der Waals surface area (Å²) in [6, 6.07) is 0.969. The Morgan fingerprint density at radius 3 is 2.31 bits per heavy atom. The Hall–Kier alpha value is -1.91. The highest BCUT2D eigenvalue weighted by molar-refractivity contribution is 5.37. The minimum Gasteiger partial charge on any atom is -0.356 e. The lowest BCUT2D eigenvalue weighted by Gasteiger charge is -2.09. The monoisotopic (exact) mass is 238 g/mol. The van der Waals surface area contributed by atoms with Crippen LogP contribution in [0.15, 0.2) is 11.0 Å². The van der Waals surface area contributed by atoms with Gasteiger partial charge in [-0.15, -0.1) is 0 Å². The van der Waals surface area contributed by atoms with E-state index in [4.69, 9.17) is 5.26 Å². The van der Waals surface area contributed by atoms with Crippen molar-refractivity contribution >= 4 is 0 Å². The first kappa shape index (κ1) is 12.2. The second-order valence-electron chi connectivity index (χ2n) is 2.73. The minimum atomic E-state index is -4.97. The van der Waals surface area contributed by atoms with Gasteiger partial charge in [-0.3, -0.25) is 4.79 Å². The summed E-state index contributed by atoms with van der Waals surface area (Å²) in [6.07, 6.45) is -7.94. The zero-order valence-electron chi connectivity index (χ0n) is 7.40. The van der Waals surface area contributed by atoms with Gasteiger partial charge in [-0.25, -0.2) is 8.78 Å². The van der Waals surface area contributed by atoms with Crippen molar-refractivity contribution in [3.63, 3.8) is 0 Å². The van der Waals surface area contributed by atoms with Gasteiger partial charge in [0, 0.05) is 6.20 Å². The lowest BCUT2D eigenvalue weighted by molar-refractivity contribution is -0.141. The van der Waals surface area contributed by atoms with Gasteiger partial charge in [0.2, 0.25) is 5.43 Å². The van der Waals surface area contributed by atoms with E-state index in [1.54, 1.807) is 0 Å². The number of H-pyrrole nitrogens is 1. The quantitative estimate of drug-likeness (QED) is 0.762. The zero-order chi connectivity index (χ0) is 12.5. The lowest BCUT2D eigenvalue weighted by Crippen LogP contribution is -2.22. The summed E-state index contributed by atoms with van der Waals surface area (Å²) < 4.78 is 61.0. The maximum absolute atomic E-state index is 12.2. The molecule has 86 valence electrons. The molecule has 1 rings (SSSR count). The van der Waals surface area contributed by atoms with Crippen LogP contribution in [0.1, 0.15) is 23.2 Å². The van der Waals surface area contributed by atoms with E-state index in [2.05, 4.69) is 0 Å². The number of hydrogen-bond donors (Lipinski definition) is 1. The molecule has 0 aliphatic carbocycles. The predicted octanol–water partition coefficient (Wildman–Crippen LogP) is 2.20. The van der Waals surface area contributed by atoms with Crippen molar-refractivity contribution in [2.24, 2.45) is 0 Å². The second kappa shape index (κ2) is 3.92. The fourth-order valence-electron chi connectivity index (χ4n) is 1.04. The van der Waals surface area contributed by atoms with E-state index in [1.807, 2.05) is 0 Å². The largest absolute Gasteiger partial charge is 0.432 e. The first-order valence-corrected chi connectivity index (χ1v) is 3.80. The number of hydrogen-bond acceptors (Lipinski definition) is 2. The molecule has 1 N–H and O–H groups in total. The molecule has 0 aromatic carbocycles. The molecule has 1 aromatic heterocycles. The van der Waals surface area contributed by atoms with Crippen molar-refractivity contribution in [2.45, 2.75) is 12.6 Å². The van der Waals surface area contributed by atoms with Crippen LogP contribution >= 0.6 is 0 Å². The summed E-state index contributed by atoms with van der Waals surface area (Å²) in [7, 11) is 0. The molecule has 0 saturated heterocycles. The number of halogens is 5. The highest BCUT2D eigenvalue weighted by Crippen LogP contribution is 2.29. The van der Waals surface area contributed by atoms with Crippen LogP contribution in [0.25, 0.3) is 0 Å². The summed E-state index contributed by atoms with van der Waals surface area (Å²) in [4.78, 5) is 12.6. The third-order valence-corrected chi connectivity index (χ3v) is 1.74. The second-order valence-corrected chi connectivity index (χ2v) is 2.73. The van der Waals surface area contributed by atoms with Gasteiger partial charge in [0.25, 0.3) is 6.43 Å². The molecule has 16 heavy (non-hydrogen) atoms. The van der Waals surface area contributed by atoms with E-state index >= 15 is 0 Å². The molecule has 0 aliphatic heterocycles. The number of nitrogens with one attached hydrogen (secondary N) is 1. The highest BCUT2D eigenvalue weighted by atomic mass is 19.4. The van der Waals surface area contributed by atoms with E-state index < -0.39 is 34.9 Å². The Bertz CT molecular complexity index is 497. The van der Waals surface area contributed by atoms with Gasteiger partial charge in [-0.2, -0.15) is 18.4 Å². The number of aromatic nitrogens is 1. The average molecular weight is 238 g/mol. The number of rotatable bonds is 1. The van der Waals surface area contributed by atoms with Crippen molar-refractivity contribution in [3.8, 4) is 6.07 Å². The van der Waals surface area contributed by atoms with E-state index in [-0.39, 0.29) is 6.20 Å². The first-order valence-electron chi connectivity index (χ1n) is 3.80. The molecule has 0 atom stereocenters. The van der Waals surface area contributed by atoms with Crippen LogP contribution in [0.5, 0.6) is 0 Å². The molecule has 0 fully saturated rings. The third kappa shape index (κ3) is 2.03. The van der Waals surface area contributed by atoms with Crippen molar-refractivity contribution in [1.82, 2.24) is 4.98 Å². The van der Waals surface area contributed by atoms with Gasteiger partial charge in [0.05, 0.1) is 5.56 Å². The van der Waals surface area contributed by atoms with Crippen molar-refractivity contribution in [2.75, 3.05) is 0 Å². The number of nitrogens with zero attached hydrogens (tertiary/aromatic N) is 1. The standard InChI is InChI=1S/C8H3F5N2O/c9-7(10)4-2-15-6(8(11,12)13)3(1-14)5(4)16/h2,7H,(H,15,16). The molecule has 8 heteroatoms. The van der Waals surface area contributed by atoms with Gasteiger partial charge in [0.1, 0.15) is 17.3 Å². The Balaban J connectivity index is 3.56. The summed E-state index contributed by atoms with van der Waals surface area (Å²) in [5.41, 5.74) is -5.75. The maximum Gasteiger partial charge on any atom is 0.432 e. The Kier molecular flexibility index (Phi) is 2.98. The molecular formula is C8H3F5N2O. The normalized spacial score (nSPS) is 11.6. The van der Waals surface area contributed by atoms with E-state index in [0.717, 1.165) is 6.07 Å². The van der Waals surface area contributed by atoms with Crippen molar-refractivity contribution in [1.29, 1.82) is 5.26 Å². The molecular weight excluding hydrogens is 235 g/mol. The molecule has 0 amide bonds. The first-order chi connectivity index (χ1) is 7.29. The molecule has 3 nitrogen and oxygen atoms in total. The summed E-state index contributed by atoms with van der Waals surface area (Å²) in [5, 5.41) is 8.35. The van der Waals surface area contributed by atoms with Crippen LogP contribution in [-0.2, 0) is 6.18 Å². The van der Waals surface area contributed by atoms with Crippen LogP contribution in [0.2, 0.25) is 0 Å². The van der Waals surface area contributed by atoms with Crippen LogP contribution in [0.4, 0.5) is 22.0 Å². The van der Waals surface area contributed by atoms with E-state index in [9.17, 15) is 26.7 Å². The van der Waals surface area contributed by atoms with Crippen molar-refractivity contribution in [3.05, 3.63) is 33.2 Å².